The van der Waals surface area contributed by atoms with Gasteiger partial charge in [0.15, 0.2) is 5.78 Å². The number of ether oxygens (including phenoxy) is 4. The lowest BCUT2D eigenvalue weighted by Gasteiger charge is -2.13. The van der Waals surface area contributed by atoms with E-state index < -0.39 is 0 Å². The number of benzene rings is 3. The summed E-state index contributed by atoms with van der Waals surface area (Å²) in [5.74, 6) is 1.44. The average Bonchev–Trinajstić information content (AvgIpc) is 2.82. The Morgan fingerprint density at radius 1 is 0.677 bits per heavy atom. The predicted molar refractivity (Wildman–Crippen MR) is 118 cm³/mol. The van der Waals surface area contributed by atoms with Gasteiger partial charge in [-0.15, -0.1) is 0 Å². The Kier molecular flexibility index (Phi) is 6.92. The first kappa shape index (κ1) is 21.9. The third kappa shape index (κ3) is 5.22. The molecule has 0 aliphatic carbocycles. The molecule has 0 amide bonds. The van der Waals surface area contributed by atoms with Gasteiger partial charge < -0.3 is 18.9 Å². The molecule has 0 N–H and O–H groups in total. The summed E-state index contributed by atoms with van der Waals surface area (Å²) in [7, 11) is 6.11. The van der Waals surface area contributed by atoms with Gasteiger partial charge in [-0.1, -0.05) is 12.1 Å². The molecule has 0 bridgehead atoms. The van der Waals surface area contributed by atoms with Crippen molar-refractivity contribution in [2.75, 3.05) is 28.4 Å². The van der Waals surface area contributed by atoms with Gasteiger partial charge in [0.25, 0.3) is 0 Å². The van der Waals surface area contributed by atoms with Gasteiger partial charge >= 0.3 is 0 Å². The normalized spacial score (nSPS) is 11.1. The van der Waals surface area contributed by atoms with Crippen LogP contribution in [0.2, 0.25) is 0 Å². The molecule has 6 heteroatoms. The highest BCUT2D eigenvalue weighted by atomic mass is 19.1. The lowest BCUT2D eigenvalue weighted by atomic mass is 9.94. The summed E-state index contributed by atoms with van der Waals surface area (Å²) in [6, 6.07) is 16.1. The van der Waals surface area contributed by atoms with Crippen LogP contribution in [0.1, 0.15) is 21.5 Å². The number of carbonyl (C=O) groups excluding carboxylic acids is 1. The second-order valence-corrected chi connectivity index (χ2v) is 6.64. The van der Waals surface area contributed by atoms with E-state index in [0.29, 0.717) is 45.3 Å². The van der Waals surface area contributed by atoms with Crippen molar-refractivity contribution in [2.45, 2.75) is 0 Å². The van der Waals surface area contributed by atoms with Crippen molar-refractivity contribution in [1.29, 1.82) is 0 Å². The van der Waals surface area contributed by atoms with E-state index in [1.807, 2.05) is 0 Å². The molecule has 0 unspecified atom stereocenters. The van der Waals surface area contributed by atoms with Crippen LogP contribution >= 0.6 is 0 Å². The van der Waals surface area contributed by atoms with Gasteiger partial charge in [-0.2, -0.15) is 0 Å². The number of hydrogen-bond acceptors (Lipinski definition) is 5. The van der Waals surface area contributed by atoms with Crippen LogP contribution in [0.4, 0.5) is 4.39 Å². The summed E-state index contributed by atoms with van der Waals surface area (Å²) in [4.78, 5) is 13.6. The number of rotatable bonds is 8. The van der Waals surface area contributed by atoms with Crippen molar-refractivity contribution in [3.8, 4) is 23.0 Å². The van der Waals surface area contributed by atoms with E-state index in [1.165, 1.54) is 40.6 Å². The Labute approximate surface area is 180 Å². The highest BCUT2D eigenvalue weighted by molar-refractivity contribution is 6.32. The largest absolute Gasteiger partial charge is 0.497 e. The lowest BCUT2D eigenvalue weighted by molar-refractivity contribution is 0.105. The Morgan fingerprint density at radius 2 is 1.10 bits per heavy atom. The maximum absolute atomic E-state index is 13.6. The Balaban J connectivity index is 2.19. The molecule has 0 heterocycles. The van der Waals surface area contributed by atoms with Gasteiger partial charge in [-0.05, 0) is 53.6 Å². The fraction of sp³-hybridized carbons (Fsp3) is 0.160. The first-order valence-electron chi connectivity index (χ1n) is 9.46. The van der Waals surface area contributed by atoms with Crippen LogP contribution in [0.5, 0.6) is 23.0 Å². The molecule has 0 radical (unpaired) electrons. The number of ketones is 1. The number of hydrogen-bond donors (Lipinski definition) is 0. The van der Waals surface area contributed by atoms with Gasteiger partial charge in [0.2, 0.25) is 0 Å². The standard InChI is InChI=1S/C25H23FO5/c1-28-20-10-17(11-21(14-20)29-2)24(9-16-5-7-19(26)8-6-16)25(27)18-12-22(30-3)15-23(13-18)31-4/h5-15H,1-4H3/b24-9+. The molecule has 3 rings (SSSR count). The van der Waals surface area contributed by atoms with Gasteiger partial charge in [-0.25, -0.2) is 4.39 Å². The van der Waals surface area contributed by atoms with Crippen molar-refractivity contribution in [3.05, 3.63) is 83.2 Å². The second kappa shape index (κ2) is 9.80. The molecule has 0 fully saturated rings. The van der Waals surface area contributed by atoms with Crippen molar-refractivity contribution < 1.29 is 28.1 Å². The number of methoxy groups -OCH3 is 4. The van der Waals surface area contributed by atoms with Crippen LogP contribution in [0.15, 0.2) is 60.7 Å². The summed E-state index contributed by atoms with van der Waals surface area (Å²) in [5.41, 5.74) is 2.01. The van der Waals surface area contributed by atoms with Crippen LogP contribution in [0, 0.1) is 5.82 Å². The van der Waals surface area contributed by atoms with Crippen molar-refractivity contribution in [2.24, 2.45) is 0 Å². The van der Waals surface area contributed by atoms with Crippen LogP contribution in [0.25, 0.3) is 11.6 Å². The molecular weight excluding hydrogens is 399 g/mol. The lowest BCUT2D eigenvalue weighted by Crippen LogP contribution is -2.05. The molecule has 0 aromatic heterocycles. The fourth-order valence-corrected chi connectivity index (χ4v) is 3.06. The molecule has 3 aromatic carbocycles. The zero-order chi connectivity index (χ0) is 22.4. The molecule has 0 saturated carbocycles. The van der Waals surface area contributed by atoms with Gasteiger partial charge in [0.1, 0.15) is 28.8 Å². The molecule has 0 aliphatic rings. The summed E-state index contributed by atoms with van der Waals surface area (Å²) >= 11 is 0. The van der Waals surface area contributed by atoms with Crippen molar-refractivity contribution in [1.82, 2.24) is 0 Å². The molecule has 0 aliphatic heterocycles. The Hall–Kier alpha value is -3.80. The molecular formula is C25H23FO5. The average molecular weight is 422 g/mol. The summed E-state index contributed by atoms with van der Waals surface area (Å²) in [6.45, 7) is 0. The van der Waals surface area contributed by atoms with E-state index in [4.69, 9.17) is 18.9 Å². The summed E-state index contributed by atoms with van der Waals surface area (Å²) in [5, 5.41) is 0. The summed E-state index contributed by atoms with van der Waals surface area (Å²) in [6.07, 6.45) is 1.70. The number of allylic oxidation sites excluding steroid dienone is 1. The van der Waals surface area contributed by atoms with E-state index in [0.717, 1.165) is 0 Å². The molecule has 0 spiro atoms. The highest BCUT2D eigenvalue weighted by Gasteiger charge is 2.19. The topological polar surface area (TPSA) is 54.0 Å². The first-order chi connectivity index (χ1) is 15.0. The minimum Gasteiger partial charge on any atom is -0.497 e. The number of halogens is 1. The van der Waals surface area contributed by atoms with E-state index in [2.05, 4.69) is 0 Å². The van der Waals surface area contributed by atoms with E-state index in [1.54, 1.807) is 54.6 Å². The van der Waals surface area contributed by atoms with Gasteiger partial charge in [0, 0.05) is 23.3 Å². The molecule has 0 atom stereocenters. The third-order valence-corrected chi connectivity index (χ3v) is 4.70. The molecule has 160 valence electrons. The number of Topliss-reactive ketones (excluding diaryl/α,β-unsaturated/α-hetero) is 1. The smallest absolute Gasteiger partial charge is 0.193 e. The van der Waals surface area contributed by atoms with Crippen molar-refractivity contribution >= 4 is 17.4 Å². The van der Waals surface area contributed by atoms with E-state index in [9.17, 15) is 9.18 Å². The predicted octanol–water partition coefficient (Wildman–Crippen LogP) is 5.28. The maximum Gasteiger partial charge on any atom is 0.193 e. The zero-order valence-electron chi connectivity index (χ0n) is 17.8. The SMILES string of the molecule is COc1cc(OC)cc(C(=O)/C(=C/c2ccc(F)cc2)c2cc(OC)cc(OC)c2)c1. The van der Waals surface area contributed by atoms with Crippen LogP contribution in [-0.4, -0.2) is 34.2 Å². The zero-order valence-corrected chi connectivity index (χ0v) is 17.8. The quantitative estimate of drug-likeness (QED) is 0.281. The first-order valence-corrected chi connectivity index (χ1v) is 9.46. The summed E-state index contributed by atoms with van der Waals surface area (Å²) < 4.78 is 34.7. The number of carbonyl (C=O) groups is 1. The van der Waals surface area contributed by atoms with Gasteiger partial charge in [-0.3, -0.25) is 4.79 Å². The van der Waals surface area contributed by atoms with E-state index in [-0.39, 0.29) is 11.6 Å². The minimum absolute atomic E-state index is 0.267. The van der Waals surface area contributed by atoms with E-state index >= 15 is 0 Å². The van der Waals surface area contributed by atoms with Crippen LogP contribution in [0.3, 0.4) is 0 Å². The third-order valence-electron chi connectivity index (χ3n) is 4.70. The fourth-order valence-electron chi connectivity index (χ4n) is 3.06. The van der Waals surface area contributed by atoms with Gasteiger partial charge in [0.05, 0.1) is 28.4 Å². The monoisotopic (exact) mass is 422 g/mol. The Bertz CT molecular complexity index is 1060. The maximum atomic E-state index is 13.6. The van der Waals surface area contributed by atoms with Crippen LogP contribution in [-0.2, 0) is 0 Å². The molecule has 5 nitrogen and oxygen atoms in total. The highest BCUT2D eigenvalue weighted by Crippen LogP contribution is 2.32. The molecule has 31 heavy (non-hydrogen) atoms. The molecule has 0 saturated heterocycles. The Morgan fingerprint density at radius 3 is 1.52 bits per heavy atom. The minimum atomic E-state index is -0.356. The van der Waals surface area contributed by atoms with Crippen molar-refractivity contribution in [3.63, 3.8) is 0 Å². The van der Waals surface area contributed by atoms with Crippen LogP contribution < -0.4 is 18.9 Å². The second-order valence-electron chi connectivity index (χ2n) is 6.64. The molecule has 3 aromatic rings.